The molecule has 3 rings (SSSR count). The van der Waals surface area contributed by atoms with Gasteiger partial charge in [0.15, 0.2) is 11.6 Å². The quantitative estimate of drug-likeness (QED) is 0.509. The van der Waals surface area contributed by atoms with Crippen molar-refractivity contribution in [2.45, 2.75) is 58.3 Å². The summed E-state index contributed by atoms with van der Waals surface area (Å²) in [5.74, 6) is -2.10. The molecule has 0 aliphatic carbocycles. The SMILES string of the molecule is CC.CC1(C)CCC(C(=O)Nc2ccnc(C(O)CO)c2)O1.CO.COc1cccc(F)c1F. The molecular weight excluding hydrogens is 450 g/mol. The third-order valence-corrected chi connectivity index (χ3v) is 4.46. The van der Waals surface area contributed by atoms with E-state index in [0.717, 1.165) is 19.6 Å². The summed E-state index contributed by atoms with van der Waals surface area (Å²) in [6.07, 6.45) is 1.51. The number of ether oxygens (including phenoxy) is 2. The molecule has 192 valence electrons. The van der Waals surface area contributed by atoms with E-state index in [4.69, 9.17) is 14.9 Å². The Morgan fingerprint density at radius 1 is 1.29 bits per heavy atom. The van der Waals surface area contributed by atoms with Crippen LogP contribution < -0.4 is 10.1 Å². The van der Waals surface area contributed by atoms with Crippen molar-refractivity contribution in [3.8, 4) is 5.75 Å². The lowest BCUT2D eigenvalue weighted by Crippen LogP contribution is -2.30. The first-order chi connectivity index (χ1) is 16.2. The van der Waals surface area contributed by atoms with Crippen molar-refractivity contribution in [3.05, 3.63) is 53.9 Å². The smallest absolute Gasteiger partial charge is 0.253 e. The van der Waals surface area contributed by atoms with Gasteiger partial charge in [0, 0.05) is 19.0 Å². The molecule has 0 spiro atoms. The first kappa shape index (κ1) is 31.3. The minimum atomic E-state index is -1.05. The maximum Gasteiger partial charge on any atom is 0.253 e. The minimum absolute atomic E-state index is 0.0694. The number of aromatic nitrogens is 1. The summed E-state index contributed by atoms with van der Waals surface area (Å²) in [5.41, 5.74) is 0.581. The van der Waals surface area contributed by atoms with Crippen molar-refractivity contribution < 1.29 is 38.4 Å². The van der Waals surface area contributed by atoms with Gasteiger partial charge in [0.25, 0.3) is 5.91 Å². The molecule has 0 radical (unpaired) electrons. The lowest BCUT2D eigenvalue weighted by molar-refractivity contribution is -0.129. The predicted octanol–water partition coefficient (Wildman–Crippen LogP) is 3.61. The van der Waals surface area contributed by atoms with Gasteiger partial charge in [-0.25, -0.2) is 4.39 Å². The number of aliphatic hydroxyl groups is 3. The molecule has 1 saturated heterocycles. The molecule has 2 heterocycles. The molecule has 1 aromatic heterocycles. The molecule has 1 fully saturated rings. The fourth-order valence-corrected chi connectivity index (χ4v) is 2.83. The zero-order chi connectivity index (χ0) is 26.3. The van der Waals surface area contributed by atoms with Gasteiger partial charge in [-0.3, -0.25) is 9.78 Å². The number of carbonyl (C=O) groups is 1. The average Bonchev–Trinajstić information content (AvgIpc) is 3.23. The van der Waals surface area contributed by atoms with Gasteiger partial charge < -0.3 is 30.1 Å². The molecule has 1 aliphatic heterocycles. The predicted molar refractivity (Wildman–Crippen MR) is 125 cm³/mol. The van der Waals surface area contributed by atoms with Crippen LogP contribution in [0.5, 0.6) is 5.75 Å². The first-order valence-electron chi connectivity index (χ1n) is 10.8. The number of nitrogens with one attached hydrogen (secondary N) is 1. The number of amides is 1. The average molecular weight is 487 g/mol. The highest BCUT2D eigenvalue weighted by Gasteiger charge is 2.35. The fraction of sp³-hybridized carbons (Fsp3) is 0.500. The molecule has 10 heteroatoms. The molecule has 2 unspecified atom stereocenters. The van der Waals surface area contributed by atoms with Crippen molar-refractivity contribution >= 4 is 11.6 Å². The number of benzene rings is 1. The number of pyridine rings is 1. The van der Waals surface area contributed by atoms with Crippen molar-refractivity contribution in [3.63, 3.8) is 0 Å². The largest absolute Gasteiger partial charge is 0.494 e. The monoisotopic (exact) mass is 486 g/mol. The molecule has 1 aliphatic rings. The Morgan fingerprint density at radius 2 is 1.94 bits per heavy atom. The minimum Gasteiger partial charge on any atom is -0.494 e. The second-order valence-electron chi connectivity index (χ2n) is 7.32. The zero-order valence-electron chi connectivity index (χ0n) is 20.5. The van der Waals surface area contributed by atoms with Gasteiger partial charge in [-0.05, 0) is 51.0 Å². The van der Waals surface area contributed by atoms with E-state index >= 15 is 0 Å². The van der Waals surface area contributed by atoms with Crippen LogP contribution in [0, 0.1) is 11.6 Å². The molecule has 34 heavy (non-hydrogen) atoms. The summed E-state index contributed by atoms with van der Waals surface area (Å²) in [6.45, 7) is 7.51. The first-order valence-corrected chi connectivity index (χ1v) is 10.8. The van der Waals surface area contributed by atoms with E-state index in [1.807, 2.05) is 27.7 Å². The number of hydrogen-bond donors (Lipinski definition) is 4. The van der Waals surface area contributed by atoms with Gasteiger partial charge in [0.2, 0.25) is 5.82 Å². The molecule has 1 amide bonds. The highest BCUT2D eigenvalue weighted by molar-refractivity contribution is 5.94. The van der Waals surface area contributed by atoms with Crippen LogP contribution in [0.2, 0.25) is 0 Å². The van der Waals surface area contributed by atoms with Crippen LogP contribution in [-0.4, -0.2) is 58.7 Å². The number of methoxy groups -OCH3 is 1. The second-order valence-corrected chi connectivity index (χ2v) is 7.32. The van der Waals surface area contributed by atoms with E-state index in [1.165, 1.54) is 25.4 Å². The number of carbonyl (C=O) groups excluding carboxylic acids is 1. The Balaban J connectivity index is 0.000000653. The van der Waals surface area contributed by atoms with Gasteiger partial charge in [-0.15, -0.1) is 0 Å². The Morgan fingerprint density at radius 3 is 2.44 bits per heavy atom. The number of aliphatic hydroxyl groups excluding tert-OH is 3. The van der Waals surface area contributed by atoms with E-state index in [9.17, 15) is 18.7 Å². The van der Waals surface area contributed by atoms with Gasteiger partial charge in [0.1, 0.15) is 12.2 Å². The number of anilines is 1. The standard InChI is InChI=1S/C14H20N2O4.C7H6F2O.C2H6.CH4O/c1-14(2)5-3-12(20-14)13(19)16-9-4-6-15-10(7-9)11(18)8-17;1-10-6-4-2-3-5(8)7(6)9;2*1-2/h4,6-7,11-12,17-18H,3,5,8H2,1-2H3,(H,15,16,19);2-4H,1H3;1-2H3;2H,1H3. The Kier molecular flexibility index (Phi) is 14.8. The van der Waals surface area contributed by atoms with E-state index in [-0.39, 0.29) is 17.3 Å². The van der Waals surface area contributed by atoms with Crippen LogP contribution in [0.15, 0.2) is 36.5 Å². The van der Waals surface area contributed by atoms with Gasteiger partial charge in [0.05, 0.1) is 25.0 Å². The number of nitrogens with zero attached hydrogens (tertiary/aromatic N) is 1. The number of rotatable bonds is 5. The number of hydrogen-bond acceptors (Lipinski definition) is 7. The van der Waals surface area contributed by atoms with Crippen LogP contribution in [0.25, 0.3) is 0 Å². The van der Waals surface area contributed by atoms with Gasteiger partial charge >= 0.3 is 0 Å². The molecule has 4 N–H and O–H groups in total. The Bertz CT molecular complexity index is 867. The zero-order valence-corrected chi connectivity index (χ0v) is 20.5. The summed E-state index contributed by atoms with van der Waals surface area (Å²) in [7, 11) is 2.29. The van der Waals surface area contributed by atoms with E-state index in [2.05, 4.69) is 15.0 Å². The van der Waals surface area contributed by atoms with Gasteiger partial charge in [-0.2, -0.15) is 4.39 Å². The molecular formula is C24H36F2N2O6. The molecule has 0 bridgehead atoms. The van der Waals surface area contributed by atoms with Crippen LogP contribution in [0.4, 0.5) is 14.5 Å². The number of halogens is 2. The Hall–Kier alpha value is -2.66. The molecule has 2 aromatic rings. The lowest BCUT2D eigenvalue weighted by Gasteiger charge is -2.19. The van der Waals surface area contributed by atoms with E-state index < -0.39 is 30.4 Å². The molecule has 0 saturated carbocycles. The second kappa shape index (κ2) is 16.0. The lowest BCUT2D eigenvalue weighted by atomic mass is 10.1. The third kappa shape index (κ3) is 10.1. The van der Waals surface area contributed by atoms with Crippen LogP contribution >= 0.6 is 0 Å². The van der Waals surface area contributed by atoms with E-state index in [0.29, 0.717) is 17.8 Å². The van der Waals surface area contributed by atoms with Crippen molar-refractivity contribution in [2.24, 2.45) is 0 Å². The van der Waals surface area contributed by atoms with Gasteiger partial charge in [-0.1, -0.05) is 19.9 Å². The van der Waals surface area contributed by atoms with Crippen LogP contribution in [0.1, 0.15) is 52.3 Å². The summed E-state index contributed by atoms with van der Waals surface area (Å²) in [5, 5.41) is 28.2. The van der Waals surface area contributed by atoms with Crippen LogP contribution in [-0.2, 0) is 9.53 Å². The summed E-state index contributed by atoms with van der Waals surface area (Å²) >= 11 is 0. The van der Waals surface area contributed by atoms with Crippen molar-refractivity contribution in [2.75, 3.05) is 26.1 Å². The normalized spacial score (nSPS) is 16.4. The molecule has 1 aromatic carbocycles. The molecule has 2 atom stereocenters. The Labute approximate surface area is 199 Å². The van der Waals surface area contributed by atoms with Crippen molar-refractivity contribution in [1.29, 1.82) is 0 Å². The van der Waals surface area contributed by atoms with E-state index in [1.54, 1.807) is 12.1 Å². The maximum absolute atomic E-state index is 12.5. The maximum atomic E-state index is 12.5. The summed E-state index contributed by atoms with van der Waals surface area (Å²) in [4.78, 5) is 16.0. The van der Waals surface area contributed by atoms with Crippen LogP contribution in [0.3, 0.4) is 0 Å². The summed E-state index contributed by atoms with van der Waals surface area (Å²) < 4.78 is 35.0. The highest BCUT2D eigenvalue weighted by atomic mass is 19.2. The fourth-order valence-electron chi connectivity index (χ4n) is 2.83. The summed E-state index contributed by atoms with van der Waals surface area (Å²) in [6, 6.07) is 6.96. The highest BCUT2D eigenvalue weighted by Crippen LogP contribution is 2.30. The third-order valence-electron chi connectivity index (χ3n) is 4.46. The topological polar surface area (TPSA) is 121 Å². The van der Waals surface area contributed by atoms with Crippen molar-refractivity contribution in [1.82, 2.24) is 4.98 Å². The molecule has 8 nitrogen and oxygen atoms in total.